The van der Waals surface area contributed by atoms with Crippen molar-refractivity contribution in [3.8, 4) is 0 Å². The molecule has 2 saturated heterocycles. The van der Waals surface area contributed by atoms with E-state index in [4.69, 9.17) is 54.2 Å². The third-order valence-electron chi connectivity index (χ3n) is 6.30. The highest BCUT2D eigenvalue weighted by molar-refractivity contribution is 7.99. The normalized spacial score (nSPS) is 29.0. The van der Waals surface area contributed by atoms with Crippen LogP contribution in [0.4, 0.5) is 0 Å². The van der Waals surface area contributed by atoms with E-state index >= 15 is 0 Å². The van der Waals surface area contributed by atoms with Gasteiger partial charge in [-0.2, -0.15) is 0 Å². The molecule has 15 nitrogen and oxygen atoms in total. The average Bonchev–Trinajstić information content (AvgIpc) is 2.96. The molecular weight excluding hydrogens is 656 g/mol. The predicted molar refractivity (Wildman–Crippen MR) is 155 cm³/mol. The van der Waals surface area contributed by atoms with Crippen molar-refractivity contribution in [2.45, 2.75) is 94.0 Å². The van der Waals surface area contributed by atoms with Gasteiger partial charge in [-0.15, -0.1) is 11.6 Å². The molecule has 1 aromatic rings. The molecule has 254 valence electrons. The number of hydrogen-bond donors (Lipinski definition) is 0. The first-order chi connectivity index (χ1) is 21.8. The highest BCUT2D eigenvalue weighted by Gasteiger charge is 2.53. The fourth-order valence-corrected chi connectivity index (χ4v) is 5.94. The SMILES string of the molecule is CC(=O)O[C@@H]1[C@@H](OC(C)=O)[C@H](Sc2ccccc2)O[C@H](CO[C@@H]2OC[C@@H](OC(C)=O)[C@H](OC(C)=O)[C@H]2OC(C)=O)[C@H]1OC(=O)CCl. The van der Waals surface area contributed by atoms with Gasteiger partial charge in [0.1, 0.15) is 17.4 Å². The lowest BCUT2D eigenvalue weighted by molar-refractivity contribution is -0.294. The maximum atomic E-state index is 12.4. The summed E-state index contributed by atoms with van der Waals surface area (Å²) in [5, 5.41) is 0. The summed E-state index contributed by atoms with van der Waals surface area (Å²) in [6.07, 6.45) is -10.6. The van der Waals surface area contributed by atoms with Gasteiger partial charge in [0, 0.05) is 39.5 Å². The molecule has 3 rings (SSSR count). The molecule has 2 aliphatic heterocycles. The Morgan fingerprint density at radius 1 is 0.717 bits per heavy atom. The van der Waals surface area contributed by atoms with Crippen molar-refractivity contribution >= 4 is 59.2 Å². The van der Waals surface area contributed by atoms with Crippen LogP contribution in [0.2, 0.25) is 0 Å². The summed E-state index contributed by atoms with van der Waals surface area (Å²) in [6.45, 7) is 4.88. The maximum absolute atomic E-state index is 12.4. The summed E-state index contributed by atoms with van der Waals surface area (Å²) in [7, 11) is 0. The Bertz CT molecular complexity index is 1250. The minimum absolute atomic E-state index is 0.312. The molecule has 2 heterocycles. The first kappa shape index (κ1) is 37.0. The van der Waals surface area contributed by atoms with Crippen molar-refractivity contribution in [2.24, 2.45) is 0 Å². The third-order valence-corrected chi connectivity index (χ3v) is 7.67. The highest BCUT2D eigenvalue weighted by Crippen LogP contribution is 2.38. The number of thioether (sulfide) groups is 1. The topological polar surface area (TPSA) is 185 Å². The molecule has 0 bridgehead atoms. The van der Waals surface area contributed by atoms with Gasteiger partial charge < -0.3 is 42.6 Å². The third kappa shape index (κ3) is 10.8. The Morgan fingerprint density at radius 3 is 1.83 bits per heavy atom. The van der Waals surface area contributed by atoms with E-state index in [1.807, 2.05) is 0 Å². The molecule has 0 unspecified atom stereocenters. The van der Waals surface area contributed by atoms with Gasteiger partial charge in [0.05, 0.1) is 13.2 Å². The monoisotopic (exact) mass is 690 g/mol. The zero-order chi connectivity index (χ0) is 34.0. The summed E-state index contributed by atoms with van der Waals surface area (Å²) in [5.74, 6) is -5.22. The summed E-state index contributed by atoms with van der Waals surface area (Å²) in [5.41, 5.74) is -1.02. The van der Waals surface area contributed by atoms with Gasteiger partial charge >= 0.3 is 35.8 Å². The van der Waals surface area contributed by atoms with Crippen LogP contribution in [0.1, 0.15) is 34.6 Å². The number of carbonyl (C=O) groups is 6. The van der Waals surface area contributed by atoms with Crippen LogP contribution in [-0.2, 0) is 71.4 Å². The molecule has 0 saturated carbocycles. The standard InChI is InChI=1S/C29H35ClO15S/c1-14(31)39-20-12-37-28(26(42-17(4)34)24(20)40-15(2)32)38-13-21-23(45-22(36)11-30)25(41-16(3)33)27(43-18(5)35)29(44-21)46-19-9-7-6-8-10-19/h6-10,20-21,23-29H,11-13H2,1-5H3/t20-,21-,23-,24+,25+,26-,27-,28+,29+/m1/s1. The lowest BCUT2D eigenvalue weighted by Crippen LogP contribution is -2.62. The largest absolute Gasteiger partial charge is 0.456 e. The average molecular weight is 691 g/mol. The van der Waals surface area contributed by atoms with Crippen LogP contribution < -0.4 is 0 Å². The second kappa shape index (κ2) is 17.5. The van der Waals surface area contributed by atoms with Gasteiger partial charge in [-0.25, -0.2) is 0 Å². The summed E-state index contributed by atoms with van der Waals surface area (Å²) in [4.78, 5) is 73.2. The van der Waals surface area contributed by atoms with Crippen LogP contribution in [-0.4, -0.2) is 109 Å². The number of alkyl halides is 1. The van der Waals surface area contributed by atoms with Crippen LogP contribution in [0.5, 0.6) is 0 Å². The minimum Gasteiger partial charge on any atom is -0.456 e. The molecule has 0 aromatic heterocycles. The van der Waals surface area contributed by atoms with E-state index in [0.717, 1.165) is 46.4 Å². The van der Waals surface area contributed by atoms with Crippen molar-refractivity contribution < 1.29 is 71.4 Å². The smallest absolute Gasteiger partial charge is 0.321 e. The Balaban J connectivity index is 1.97. The number of carbonyl (C=O) groups excluding carboxylic acids is 6. The fraction of sp³-hybridized carbons (Fsp3) is 0.586. The van der Waals surface area contributed by atoms with Gasteiger partial charge in [-0.05, 0) is 12.1 Å². The van der Waals surface area contributed by atoms with Crippen molar-refractivity contribution in [1.29, 1.82) is 0 Å². The second-order valence-electron chi connectivity index (χ2n) is 10.0. The summed E-state index contributed by atoms with van der Waals surface area (Å²) >= 11 is 6.85. The van der Waals surface area contributed by atoms with Crippen LogP contribution >= 0.6 is 23.4 Å². The van der Waals surface area contributed by atoms with Crippen molar-refractivity contribution in [3.63, 3.8) is 0 Å². The van der Waals surface area contributed by atoms with Gasteiger partial charge in [0.25, 0.3) is 0 Å². The molecule has 1 aromatic carbocycles. The zero-order valence-electron chi connectivity index (χ0n) is 25.6. The van der Waals surface area contributed by atoms with Crippen molar-refractivity contribution in [2.75, 3.05) is 19.1 Å². The number of ether oxygens (including phenoxy) is 9. The van der Waals surface area contributed by atoms with E-state index in [1.165, 1.54) is 0 Å². The molecule has 0 spiro atoms. The summed E-state index contributed by atoms with van der Waals surface area (Å²) in [6, 6.07) is 8.91. The molecule has 2 aliphatic rings. The lowest BCUT2D eigenvalue weighted by atomic mass is 9.99. The van der Waals surface area contributed by atoms with E-state index in [1.54, 1.807) is 30.3 Å². The number of halogens is 1. The molecule has 2 fully saturated rings. The van der Waals surface area contributed by atoms with E-state index in [9.17, 15) is 28.8 Å². The van der Waals surface area contributed by atoms with Crippen molar-refractivity contribution in [1.82, 2.24) is 0 Å². The second-order valence-corrected chi connectivity index (χ2v) is 11.5. The minimum atomic E-state index is -1.42. The fourth-order valence-electron chi connectivity index (χ4n) is 4.75. The highest BCUT2D eigenvalue weighted by atomic mass is 35.5. The number of hydrogen-bond acceptors (Lipinski definition) is 16. The van der Waals surface area contributed by atoms with Gasteiger partial charge in [0.15, 0.2) is 42.9 Å². The van der Waals surface area contributed by atoms with Gasteiger partial charge in [-0.3, -0.25) is 28.8 Å². The number of benzene rings is 1. The van der Waals surface area contributed by atoms with Crippen LogP contribution in [0.25, 0.3) is 0 Å². The Hall–Kier alpha value is -3.44. The molecule has 0 radical (unpaired) electrons. The van der Waals surface area contributed by atoms with E-state index < -0.39 is 103 Å². The Kier molecular flexibility index (Phi) is 14.1. The molecule has 0 amide bonds. The van der Waals surface area contributed by atoms with E-state index in [2.05, 4.69) is 0 Å². The van der Waals surface area contributed by atoms with Crippen LogP contribution in [0.15, 0.2) is 35.2 Å². The molecule has 9 atom stereocenters. The quantitative estimate of drug-likeness (QED) is 0.175. The number of rotatable bonds is 12. The molecule has 0 N–H and O–H groups in total. The first-order valence-corrected chi connectivity index (χ1v) is 15.4. The molecule has 0 aliphatic carbocycles. The Labute approximate surface area is 273 Å². The first-order valence-electron chi connectivity index (χ1n) is 14.0. The molecular formula is C29H35ClO15S. The Morgan fingerprint density at radius 2 is 1.26 bits per heavy atom. The summed E-state index contributed by atoms with van der Waals surface area (Å²) < 4.78 is 50.5. The molecule has 46 heavy (non-hydrogen) atoms. The maximum Gasteiger partial charge on any atom is 0.321 e. The van der Waals surface area contributed by atoms with Crippen molar-refractivity contribution in [3.05, 3.63) is 30.3 Å². The lowest BCUT2D eigenvalue weighted by Gasteiger charge is -2.45. The number of esters is 6. The van der Waals surface area contributed by atoms with E-state index in [-0.39, 0.29) is 6.61 Å². The van der Waals surface area contributed by atoms with Gasteiger partial charge in [-0.1, -0.05) is 30.0 Å². The van der Waals surface area contributed by atoms with Crippen LogP contribution in [0.3, 0.4) is 0 Å². The van der Waals surface area contributed by atoms with E-state index in [0.29, 0.717) is 4.90 Å². The molecule has 17 heteroatoms. The zero-order valence-corrected chi connectivity index (χ0v) is 27.2. The van der Waals surface area contributed by atoms with Gasteiger partial charge in [0.2, 0.25) is 0 Å². The van der Waals surface area contributed by atoms with Crippen LogP contribution in [0, 0.1) is 0 Å². The predicted octanol–water partition coefficient (Wildman–Crippen LogP) is 1.69.